The predicted octanol–water partition coefficient (Wildman–Crippen LogP) is 2.46. The van der Waals surface area contributed by atoms with Crippen LogP contribution in [0.5, 0.6) is 0 Å². The Hall–Kier alpha value is -1.71. The summed E-state index contributed by atoms with van der Waals surface area (Å²) in [6, 6.07) is 4.21. The topological polar surface area (TPSA) is 54.4 Å². The number of aldehydes is 1. The van der Waals surface area contributed by atoms with E-state index in [2.05, 4.69) is 0 Å². The van der Waals surface area contributed by atoms with Crippen LogP contribution in [0.15, 0.2) is 18.2 Å². The van der Waals surface area contributed by atoms with Gasteiger partial charge in [-0.15, -0.1) is 0 Å². The number of carbonyl (C=O) groups is 2. The van der Waals surface area contributed by atoms with Crippen molar-refractivity contribution >= 4 is 12.3 Å². The minimum Gasteiger partial charge on any atom is -0.481 e. The van der Waals surface area contributed by atoms with Crippen LogP contribution in [0.2, 0.25) is 0 Å². The SMILES string of the molecule is Cc1ccc(F)cc1C(C)(C=O)CCC(=O)O. The first-order valence-corrected chi connectivity index (χ1v) is 5.34. The summed E-state index contributed by atoms with van der Waals surface area (Å²) in [5, 5.41) is 8.65. The molecule has 0 aliphatic rings. The molecule has 1 aromatic carbocycles. The maximum Gasteiger partial charge on any atom is 0.303 e. The molecule has 0 bridgehead atoms. The molecule has 1 atom stereocenters. The highest BCUT2D eigenvalue weighted by atomic mass is 19.1. The minimum absolute atomic E-state index is 0.120. The molecule has 1 aromatic rings. The number of carboxylic acids is 1. The molecular formula is C13H15FO3. The second-order valence-electron chi connectivity index (χ2n) is 4.39. The number of hydrogen-bond acceptors (Lipinski definition) is 2. The molecule has 0 amide bonds. The minimum atomic E-state index is -0.966. The Morgan fingerprint density at radius 3 is 2.71 bits per heavy atom. The third kappa shape index (κ3) is 3.12. The van der Waals surface area contributed by atoms with Gasteiger partial charge in [0.15, 0.2) is 0 Å². The van der Waals surface area contributed by atoms with Crippen molar-refractivity contribution in [2.75, 3.05) is 0 Å². The Morgan fingerprint density at radius 1 is 1.53 bits per heavy atom. The monoisotopic (exact) mass is 238 g/mol. The zero-order valence-electron chi connectivity index (χ0n) is 9.87. The van der Waals surface area contributed by atoms with Crippen molar-refractivity contribution in [1.29, 1.82) is 0 Å². The zero-order valence-corrected chi connectivity index (χ0v) is 9.87. The van der Waals surface area contributed by atoms with E-state index in [1.165, 1.54) is 12.1 Å². The van der Waals surface area contributed by atoms with Gasteiger partial charge in [-0.3, -0.25) is 4.79 Å². The van der Waals surface area contributed by atoms with Crippen LogP contribution >= 0.6 is 0 Å². The molecule has 0 saturated heterocycles. The number of hydrogen-bond donors (Lipinski definition) is 1. The average molecular weight is 238 g/mol. The number of aliphatic carboxylic acids is 1. The summed E-state index contributed by atoms with van der Waals surface area (Å²) in [5.41, 5.74) is 0.380. The van der Waals surface area contributed by atoms with E-state index in [9.17, 15) is 14.0 Å². The van der Waals surface area contributed by atoms with Crippen molar-refractivity contribution in [1.82, 2.24) is 0 Å². The summed E-state index contributed by atoms with van der Waals surface area (Å²) in [5.74, 6) is -1.39. The van der Waals surface area contributed by atoms with Crippen molar-refractivity contribution in [2.24, 2.45) is 0 Å². The summed E-state index contributed by atoms with van der Waals surface area (Å²) < 4.78 is 13.2. The molecule has 3 nitrogen and oxygen atoms in total. The third-order valence-corrected chi connectivity index (χ3v) is 2.93. The van der Waals surface area contributed by atoms with Gasteiger partial charge >= 0.3 is 5.97 Å². The molecule has 0 saturated carbocycles. The van der Waals surface area contributed by atoms with Gasteiger partial charge in [-0.05, 0) is 43.5 Å². The van der Waals surface area contributed by atoms with Crippen molar-refractivity contribution < 1.29 is 19.1 Å². The summed E-state index contributed by atoms with van der Waals surface area (Å²) in [6.07, 6.45) is 0.735. The lowest BCUT2D eigenvalue weighted by atomic mass is 9.78. The van der Waals surface area contributed by atoms with Gasteiger partial charge in [0.1, 0.15) is 12.1 Å². The number of rotatable bonds is 5. The molecule has 0 aliphatic heterocycles. The van der Waals surface area contributed by atoms with E-state index in [0.29, 0.717) is 11.8 Å². The fourth-order valence-electron chi connectivity index (χ4n) is 1.83. The highest BCUT2D eigenvalue weighted by Crippen LogP contribution is 2.30. The van der Waals surface area contributed by atoms with Crippen molar-refractivity contribution in [3.05, 3.63) is 35.1 Å². The fourth-order valence-corrected chi connectivity index (χ4v) is 1.83. The lowest BCUT2D eigenvalue weighted by Crippen LogP contribution is -2.26. The normalized spacial score (nSPS) is 14.1. The Balaban J connectivity index is 3.10. The van der Waals surface area contributed by atoms with Crippen LogP contribution in [-0.2, 0) is 15.0 Å². The van der Waals surface area contributed by atoms with Crippen LogP contribution in [-0.4, -0.2) is 17.4 Å². The molecule has 1 N–H and O–H groups in total. The number of halogens is 1. The van der Waals surface area contributed by atoms with Crippen molar-refractivity contribution in [3.8, 4) is 0 Å². The fraction of sp³-hybridized carbons (Fsp3) is 0.385. The van der Waals surface area contributed by atoms with Crippen LogP contribution in [0.1, 0.15) is 30.9 Å². The van der Waals surface area contributed by atoms with Gasteiger partial charge in [0.2, 0.25) is 0 Å². The summed E-state index contributed by atoms with van der Waals surface area (Å²) in [7, 11) is 0. The Labute approximate surface area is 99.3 Å². The Kier molecular flexibility index (Phi) is 3.99. The van der Waals surface area contributed by atoms with Gasteiger partial charge in [0, 0.05) is 11.8 Å². The highest BCUT2D eigenvalue weighted by molar-refractivity contribution is 5.72. The molecule has 92 valence electrons. The van der Waals surface area contributed by atoms with Crippen molar-refractivity contribution in [3.63, 3.8) is 0 Å². The van der Waals surface area contributed by atoms with E-state index < -0.39 is 17.2 Å². The van der Waals surface area contributed by atoms with Crippen LogP contribution < -0.4 is 0 Å². The first-order valence-electron chi connectivity index (χ1n) is 5.34. The quantitative estimate of drug-likeness (QED) is 0.802. The van der Waals surface area contributed by atoms with Crippen LogP contribution in [0.3, 0.4) is 0 Å². The van der Waals surface area contributed by atoms with E-state index >= 15 is 0 Å². The van der Waals surface area contributed by atoms with Gasteiger partial charge in [-0.1, -0.05) is 6.07 Å². The lowest BCUT2D eigenvalue weighted by Gasteiger charge is -2.24. The van der Waals surface area contributed by atoms with Gasteiger partial charge < -0.3 is 9.90 Å². The Bertz CT molecular complexity index is 442. The standard InChI is InChI=1S/C13H15FO3/c1-9-3-4-10(14)7-11(9)13(2,8-15)6-5-12(16)17/h3-4,7-8H,5-6H2,1-2H3,(H,16,17). The van der Waals surface area contributed by atoms with E-state index in [4.69, 9.17) is 5.11 Å². The van der Waals surface area contributed by atoms with Crippen LogP contribution in [0.4, 0.5) is 4.39 Å². The van der Waals surface area contributed by atoms with Gasteiger partial charge in [0.25, 0.3) is 0 Å². The van der Waals surface area contributed by atoms with Crippen LogP contribution in [0, 0.1) is 12.7 Å². The molecule has 1 rings (SSSR count). The lowest BCUT2D eigenvalue weighted by molar-refractivity contribution is -0.137. The molecule has 4 heteroatoms. The highest BCUT2D eigenvalue weighted by Gasteiger charge is 2.28. The van der Waals surface area contributed by atoms with E-state index in [-0.39, 0.29) is 12.8 Å². The zero-order chi connectivity index (χ0) is 13.1. The van der Waals surface area contributed by atoms with E-state index in [1.807, 2.05) is 0 Å². The maximum atomic E-state index is 13.2. The first kappa shape index (κ1) is 13.4. The molecule has 0 aliphatic carbocycles. The smallest absolute Gasteiger partial charge is 0.303 e. The molecule has 0 spiro atoms. The average Bonchev–Trinajstić information content (AvgIpc) is 2.29. The second-order valence-corrected chi connectivity index (χ2v) is 4.39. The summed E-state index contributed by atoms with van der Waals surface area (Å²) in [4.78, 5) is 21.7. The van der Waals surface area contributed by atoms with Gasteiger partial charge in [0.05, 0.1) is 0 Å². The summed E-state index contributed by atoms with van der Waals surface area (Å²) in [6.45, 7) is 3.40. The second kappa shape index (κ2) is 5.08. The molecule has 0 aromatic heterocycles. The van der Waals surface area contributed by atoms with Gasteiger partial charge in [-0.25, -0.2) is 4.39 Å². The third-order valence-electron chi connectivity index (χ3n) is 2.93. The number of aryl methyl sites for hydroxylation is 1. The summed E-state index contributed by atoms with van der Waals surface area (Å²) >= 11 is 0. The predicted molar refractivity (Wildman–Crippen MR) is 61.4 cm³/mol. The molecule has 0 fully saturated rings. The molecular weight excluding hydrogens is 223 g/mol. The number of carboxylic acid groups (broad SMARTS) is 1. The number of benzene rings is 1. The molecule has 0 heterocycles. The van der Waals surface area contributed by atoms with E-state index in [1.54, 1.807) is 19.9 Å². The van der Waals surface area contributed by atoms with Crippen molar-refractivity contribution in [2.45, 2.75) is 32.1 Å². The number of carbonyl (C=O) groups excluding carboxylic acids is 1. The largest absolute Gasteiger partial charge is 0.481 e. The first-order chi connectivity index (χ1) is 7.89. The maximum absolute atomic E-state index is 13.2. The van der Waals surface area contributed by atoms with E-state index in [0.717, 1.165) is 5.56 Å². The molecule has 0 radical (unpaired) electrons. The molecule has 1 unspecified atom stereocenters. The van der Waals surface area contributed by atoms with Gasteiger partial charge in [-0.2, -0.15) is 0 Å². The Morgan fingerprint density at radius 2 is 2.18 bits per heavy atom. The molecule has 17 heavy (non-hydrogen) atoms. The van der Waals surface area contributed by atoms with Crippen LogP contribution in [0.25, 0.3) is 0 Å².